The van der Waals surface area contributed by atoms with Crippen molar-refractivity contribution in [3.05, 3.63) is 54.1 Å². The van der Waals surface area contributed by atoms with Crippen molar-refractivity contribution in [1.82, 2.24) is 15.1 Å². The molecule has 8 heteroatoms. The summed E-state index contributed by atoms with van der Waals surface area (Å²) in [4.78, 5) is 30.3. The van der Waals surface area contributed by atoms with E-state index in [0.29, 0.717) is 57.7 Å². The first-order chi connectivity index (χ1) is 15.4. The summed E-state index contributed by atoms with van der Waals surface area (Å²) in [5.41, 5.74) is 2.49. The van der Waals surface area contributed by atoms with Gasteiger partial charge >= 0.3 is 6.03 Å². The molecular weight excluding hydrogens is 408 g/mol. The summed E-state index contributed by atoms with van der Waals surface area (Å²) in [6.07, 6.45) is 0.420. The number of benzene rings is 2. The van der Waals surface area contributed by atoms with Crippen LogP contribution in [0.3, 0.4) is 0 Å². The van der Waals surface area contributed by atoms with Crippen LogP contribution in [-0.2, 0) is 0 Å². The molecule has 1 atom stereocenters. The lowest BCUT2D eigenvalue weighted by molar-refractivity contribution is -0.108. The molecule has 0 spiro atoms. The van der Waals surface area contributed by atoms with Gasteiger partial charge in [0, 0.05) is 50.5 Å². The number of hydrogen-bond acceptors (Lipinski definition) is 5. The number of amides is 3. The molecule has 1 unspecified atom stereocenters. The van der Waals surface area contributed by atoms with Crippen LogP contribution in [0.2, 0.25) is 0 Å². The quantitative estimate of drug-likeness (QED) is 0.660. The predicted octanol–water partition coefficient (Wildman–Crippen LogP) is 1.48. The summed E-state index contributed by atoms with van der Waals surface area (Å²) in [6, 6.07) is 15.3. The number of rotatable bonds is 5. The van der Waals surface area contributed by atoms with Gasteiger partial charge in [-0.1, -0.05) is 24.3 Å². The molecule has 3 amide bonds. The van der Waals surface area contributed by atoms with Crippen LogP contribution in [0.5, 0.6) is 0 Å². The van der Waals surface area contributed by atoms with Gasteiger partial charge in [0.15, 0.2) is 0 Å². The summed E-state index contributed by atoms with van der Waals surface area (Å²) in [5, 5.41) is 23.2. The van der Waals surface area contributed by atoms with Crippen molar-refractivity contribution in [2.75, 3.05) is 44.2 Å². The molecule has 2 aromatic carbocycles. The highest BCUT2D eigenvalue weighted by molar-refractivity contribution is 5.96. The van der Waals surface area contributed by atoms with Gasteiger partial charge in [-0.15, -0.1) is 0 Å². The number of carbonyl (C=O) groups is 2. The molecule has 5 rings (SSSR count). The highest BCUT2D eigenvalue weighted by atomic mass is 16.4. The Kier molecular flexibility index (Phi) is 5.36. The van der Waals surface area contributed by atoms with Gasteiger partial charge in [0.05, 0.1) is 0 Å². The molecule has 32 heavy (non-hydrogen) atoms. The molecule has 2 saturated heterocycles. The van der Waals surface area contributed by atoms with Gasteiger partial charge in [0.1, 0.15) is 11.8 Å². The number of urea groups is 1. The normalized spacial score (nSPS) is 21.4. The summed E-state index contributed by atoms with van der Waals surface area (Å²) in [5.74, 6) is -0.0293. The Morgan fingerprint density at radius 3 is 2.31 bits per heavy atom. The highest BCUT2D eigenvalue weighted by Gasteiger charge is 2.50. The van der Waals surface area contributed by atoms with E-state index in [2.05, 4.69) is 5.32 Å². The fraction of sp³-hybridized carbons (Fsp3) is 0.417. The van der Waals surface area contributed by atoms with E-state index < -0.39 is 11.8 Å². The third kappa shape index (κ3) is 3.97. The Bertz CT molecular complexity index is 1010. The van der Waals surface area contributed by atoms with Crippen LogP contribution >= 0.6 is 0 Å². The van der Waals surface area contributed by atoms with Gasteiger partial charge in [0.2, 0.25) is 0 Å². The molecule has 3 fully saturated rings. The monoisotopic (exact) mass is 436 g/mol. The topological polar surface area (TPSA) is 96.4 Å². The largest absolute Gasteiger partial charge is 0.386 e. The zero-order valence-electron chi connectivity index (χ0n) is 17.9. The maximum atomic E-state index is 12.9. The Morgan fingerprint density at radius 2 is 1.69 bits per heavy atom. The number of nitrogens with zero attached hydrogens (tertiary/aromatic N) is 3. The Hall–Kier alpha value is -2.94. The average Bonchev–Trinajstić information content (AvgIpc) is 3.45. The standard InChI is InChI=1S/C24H28N4O4/c29-21(26-12-14-27(15-13-26)22(30)24(32)8-9-24)18-6-4-17(5-7-18)19-2-1-3-20(16-19)28-11-10-25-23(28)31/h1-7,16,22,30,32H,8-15H2,(H,25,31). The lowest BCUT2D eigenvalue weighted by Gasteiger charge is -2.38. The zero-order valence-corrected chi connectivity index (χ0v) is 17.9. The minimum atomic E-state index is -0.960. The molecule has 3 N–H and O–H groups in total. The fourth-order valence-electron chi connectivity index (χ4n) is 4.45. The molecule has 0 radical (unpaired) electrons. The van der Waals surface area contributed by atoms with Crippen LogP contribution in [0.4, 0.5) is 10.5 Å². The van der Waals surface area contributed by atoms with E-state index in [1.54, 1.807) is 9.80 Å². The van der Waals surface area contributed by atoms with Gasteiger partial charge in [-0.3, -0.25) is 14.6 Å². The molecule has 3 aliphatic rings. The maximum absolute atomic E-state index is 12.9. The second kappa shape index (κ2) is 8.20. The average molecular weight is 437 g/mol. The number of aliphatic hydroxyl groups excluding tert-OH is 1. The van der Waals surface area contributed by atoms with Crippen LogP contribution in [0.25, 0.3) is 11.1 Å². The molecule has 8 nitrogen and oxygen atoms in total. The van der Waals surface area contributed by atoms with Crippen LogP contribution < -0.4 is 10.2 Å². The second-order valence-electron chi connectivity index (χ2n) is 8.82. The summed E-state index contributed by atoms with van der Waals surface area (Å²) < 4.78 is 0. The lowest BCUT2D eigenvalue weighted by Crippen LogP contribution is -2.55. The first kappa shape index (κ1) is 20.9. The van der Waals surface area contributed by atoms with E-state index in [1.807, 2.05) is 53.4 Å². The number of hydrogen-bond donors (Lipinski definition) is 3. The van der Waals surface area contributed by atoms with E-state index >= 15 is 0 Å². The summed E-state index contributed by atoms with van der Waals surface area (Å²) >= 11 is 0. The van der Waals surface area contributed by atoms with Gasteiger partial charge in [-0.2, -0.15) is 0 Å². The maximum Gasteiger partial charge on any atom is 0.321 e. The highest BCUT2D eigenvalue weighted by Crippen LogP contribution is 2.39. The lowest BCUT2D eigenvalue weighted by atomic mass is 10.0. The molecule has 1 aliphatic carbocycles. The molecule has 168 valence electrons. The van der Waals surface area contributed by atoms with E-state index in [9.17, 15) is 19.8 Å². The molecular formula is C24H28N4O4. The fourth-order valence-corrected chi connectivity index (χ4v) is 4.45. The molecule has 0 aromatic heterocycles. The van der Waals surface area contributed by atoms with Crippen LogP contribution in [0, 0.1) is 0 Å². The van der Waals surface area contributed by atoms with Crippen molar-refractivity contribution in [3.63, 3.8) is 0 Å². The molecule has 0 bridgehead atoms. The predicted molar refractivity (Wildman–Crippen MR) is 120 cm³/mol. The van der Waals surface area contributed by atoms with Crippen molar-refractivity contribution >= 4 is 17.6 Å². The number of piperazine rings is 1. The van der Waals surface area contributed by atoms with E-state index in [1.165, 1.54) is 0 Å². The molecule has 1 saturated carbocycles. The number of anilines is 1. The minimum Gasteiger partial charge on any atom is -0.386 e. The van der Waals surface area contributed by atoms with Crippen LogP contribution in [0.15, 0.2) is 48.5 Å². The van der Waals surface area contributed by atoms with Gasteiger partial charge in [-0.05, 0) is 48.2 Å². The van der Waals surface area contributed by atoms with Gasteiger partial charge in [0.25, 0.3) is 5.91 Å². The first-order valence-electron chi connectivity index (χ1n) is 11.1. The van der Waals surface area contributed by atoms with Crippen LogP contribution in [-0.4, -0.2) is 83.0 Å². The summed E-state index contributed by atoms with van der Waals surface area (Å²) in [7, 11) is 0. The van der Waals surface area contributed by atoms with Gasteiger partial charge in [-0.25, -0.2) is 4.79 Å². The van der Waals surface area contributed by atoms with E-state index in [0.717, 1.165) is 16.8 Å². The van der Waals surface area contributed by atoms with Crippen molar-refractivity contribution < 1.29 is 19.8 Å². The molecule has 2 aromatic rings. The third-order valence-corrected chi connectivity index (χ3v) is 6.67. The van der Waals surface area contributed by atoms with E-state index in [-0.39, 0.29) is 11.9 Å². The third-order valence-electron chi connectivity index (χ3n) is 6.67. The van der Waals surface area contributed by atoms with Crippen LogP contribution in [0.1, 0.15) is 23.2 Å². The van der Waals surface area contributed by atoms with Gasteiger partial charge < -0.3 is 20.4 Å². The van der Waals surface area contributed by atoms with Crippen molar-refractivity contribution in [2.45, 2.75) is 24.7 Å². The zero-order chi connectivity index (χ0) is 22.3. The molecule has 2 aliphatic heterocycles. The minimum absolute atomic E-state index is 0.0293. The van der Waals surface area contributed by atoms with Crippen molar-refractivity contribution in [1.29, 1.82) is 0 Å². The Morgan fingerprint density at radius 1 is 0.969 bits per heavy atom. The molecule has 2 heterocycles. The Labute approximate surface area is 187 Å². The van der Waals surface area contributed by atoms with E-state index in [4.69, 9.17) is 0 Å². The SMILES string of the molecule is O=C(c1ccc(-c2cccc(N3CCNC3=O)c2)cc1)N1CCN(C(O)C2(O)CC2)CC1. The van der Waals surface area contributed by atoms with Crippen molar-refractivity contribution in [3.8, 4) is 11.1 Å². The smallest absolute Gasteiger partial charge is 0.321 e. The first-order valence-corrected chi connectivity index (χ1v) is 11.1. The second-order valence-corrected chi connectivity index (χ2v) is 8.82. The number of carbonyl (C=O) groups excluding carboxylic acids is 2. The number of aliphatic hydroxyl groups is 2. The van der Waals surface area contributed by atoms with Crippen molar-refractivity contribution in [2.24, 2.45) is 0 Å². The Balaban J connectivity index is 1.23. The number of nitrogens with one attached hydrogen (secondary N) is 1. The summed E-state index contributed by atoms with van der Waals surface area (Å²) in [6.45, 7) is 3.43.